The van der Waals surface area contributed by atoms with E-state index in [0.29, 0.717) is 5.82 Å². The quantitative estimate of drug-likeness (QED) is 0.754. The summed E-state index contributed by atoms with van der Waals surface area (Å²) in [5.41, 5.74) is 8.48. The average molecular weight is 284 g/mol. The molecule has 3 N–H and O–H groups in total. The molecular weight excluding hydrogens is 268 g/mol. The van der Waals surface area contributed by atoms with Gasteiger partial charge in [0.15, 0.2) is 0 Å². The summed E-state index contributed by atoms with van der Waals surface area (Å²) in [6.45, 7) is 1.60. The molecule has 0 bridgehead atoms. The predicted octanol–water partition coefficient (Wildman–Crippen LogP) is 2.46. The molecule has 21 heavy (non-hydrogen) atoms. The van der Waals surface area contributed by atoms with Gasteiger partial charge in [0, 0.05) is 30.6 Å². The lowest BCUT2D eigenvalue weighted by Crippen LogP contribution is -1.92. The topological polar surface area (TPSA) is 93.5 Å². The molecule has 3 aromatic heterocycles. The van der Waals surface area contributed by atoms with Gasteiger partial charge < -0.3 is 15.2 Å². The van der Waals surface area contributed by atoms with Gasteiger partial charge in [-0.3, -0.25) is 4.79 Å². The maximum Gasteiger partial charge on any atom is 0.303 e. The fourth-order valence-corrected chi connectivity index (χ4v) is 1.68. The van der Waals surface area contributed by atoms with Crippen LogP contribution in [0.4, 0.5) is 5.82 Å². The van der Waals surface area contributed by atoms with Crippen LogP contribution in [0.3, 0.4) is 0 Å². The molecule has 0 radical (unpaired) electrons. The number of nitrogens with two attached hydrogens (primary N) is 1. The minimum absolute atomic E-state index is 0.222. The van der Waals surface area contributed by atoms with Crippen LogP contribution in [0.25, 0.3) is 16.9 Å². The zero-order valence-electron chi connectivity index (χ0n) is 11.6. The lowest BCUT2D eigenvalue weighted by Gasteiger charge is -2.02. The smallest absolute Gasteiger partial charge is 0.303 e. The Bertz CT molecular complexity index is 752. The second kappa shape index (κ2) is 6.51. The SMILES string of the molecule is CCC(=O)O.Nc1cccc(-c2ccc3nccn3c2)n1. The molecule has 0 aliphatic carbocycles. The Morgan fingerprint density at radius 1 is 1.33 bits per heavy atom. The highest BCUT2D eigenvalue weighted by atomic mass is 16.4. The number of hydrogen-bond donors (Lipinski definition) is 2. The van der Waals surface area contributed by atoms with Gasteiger partial charge in [0.2, 0.25) is 0 Å². The van der Waals surface area contributed by atoms with Gasteiger partial charge in [-0.05, 0) is 24.3 Å². The van der Waals surface area contributed by atoms with Gasteiger partial charge in [0.05, 0.1) is 5.69 Å². The first-order valence-corrected chi connectivity index (χ1v) is 6.47. The summed E-state index contributed by atoms with van der Waals surface area (Å²) in [5, 5.41) is 7.72. The van der Waals surface area contributed by atoms with E-state index < -0.39 is 5.97 Å². The fraction of sp³-hybridized carbons (Fsp3) is 0.133. The molecule has 0 aliphatic heterocycles. The molecule has 0 aliphatic rings. The molecule has 0 saturated carbocycles. The number of hydrogen-bond acceptors (Lipinski definition) is 4. The largest absolute Gasteiger partial charge is 0.481 e. The van der Waals surface area contributed by atoms with Crippen LogP contribution in [-0.4, -0.2) is 25.4 Å². The molecule has 0 aromatic carbocycles. The van der Waals surface area contributed by atoms with Gasteiger partial charge in [-0.2, -0.15) is 0 Å². The molecule has 0 unspecified atom stereocenters. The minimum atomic E-state index is -0.745. The van der Waals surface area contributed by atoms with Gasteiger partial charge in [0.1, 0.15) is 11.5 Å². The second-order valence-corrected chi connectivity index (χ2v) is 4.31. The van der Waals surface area contributed by atoms with Crippen molar-refractivity contribution < 1.29 is 9.90 Å². The number of aromatic nitrogens is 3. The highest BCUT2D eigenvalue weighted by molar-refractivity contribution is 5.66. The lowest BCUT2D eigenvalue weighted by molar-refractivity contribution is -0.136. The number of carboxylic acids is 1. The Morgan fingerprint density at radius 2 is 2.10 bits per heavy atom. The van der Waals surface area contributed by atoms with Crippen molar-refractivity contribution in [3.8, 4) is 11.3 Å². The van der Waals surface area contributed by atoms with Crippen LogP contribution in [0, 0.1) is 0 Å². The molecule has 0 spiro atoms. The number of imidazole rings is 1. The Kier molecular flexibility index (Phi) is 4.50. The van der Waals surface area contributed by atoms with Crippen LogP contribution in [0.15, 0.2) is 48.9 Å². The van der Waals surface area contributed by atoms with Crippen LogP contribution in [0.5, 0.6) is 0 Å². The van der Waals surface area contributed by atoms with E-state index in [1.807, 2.05) is 41.1 Å². The van der Waals surface area contributed by atoms with Crippen molar-refractivity contribution in [2.24, 2.45) is 0 Å². The van der Waals surface area contributed by atoms with Gasteiger partial charge in [-0.1, -0.05) is 13.0 Å². The molecule has 0 atom stereocenters. The van der Waals surface area contributed by atoms with Crippen LogP contribution in [0.2, 0.25) is 0 Å². The lowest BCUT2D eigenvalue weighted by atomic mass is 10.2. The van der Waals surface area contributed by atoms with Crippen molar-refractivity contribution in [1.29, 1.82) is 0 Å². The normalized spacial score (nSPS) is 9.95. The molecule has 3 rings (SSSR count). The third kappa shape index (κ3) is 3.79. The van der Waals surface area contributed by atoms with Crippen molar-refractivity contribution in [3.05, 3.63) is 48.9 Å². The van der Waals surface area contributed by atoms with Crippen molar-refractivity contribution in [1.82, 2.24) is 14.4 Å². The van der Waals surface area contributed by atoms with E-state index in [-0.39, 0.29) is 6.42 Å². The molecular formula is C15H16N4O2. The van der Waals surface area contributed by atoms with E-state index >= 15 is 0 Å². The Balaban J connectivity index is 0.000000282. The maximum absolute atomic E-state index is 9.37. The number of carbonyl (C=O) groups is 1. The van der Waals surface area contributed by atoms with Crippen molar-refractivity contribution in [2.75, 3.05) is 5.73 Å². The summed E-state index contributed by atoms with van der Waals surface area (Å²) in [6, 6.07) is 9.56. The molecule has 3 aromatic rings. The summed E-state index contributed by atoms with van der Waals surface area (Å²) in [7, 11) is 0. The van der Waals surface area contributed by atoms with Crippen LogP contribution in [0.1, 0.15) is 13.3 Å². The minimum Gasteiger partial charge on any atom is -0.481 e. The Labute approximate surface area is 121 Å². The summed E-state index contributed by atoms with van der Waals surface area (Å²) in [5.74, 6) is -0.215. The van der Waals surface area contributed by atoms with Crippen LogP contribution < -0.4 is 5.73 Å². The Hall–Kier alpha value is -2.89. The molecule has 6 heteroatoms. The van der Waals surface area contributed by atoms with Crippen LogP contribution >= 0.6 is 0 Å². The van der Waals surface area contributed by atoms with E-state index in [0.717, 1.165) is 16.9 Å². The first-order valence-electron chi connectivity index (χ1n) is 6.47. The number of fused-ring (bicyclic) bond motifs is 1. The van der Waals surface area contributed by atoms with Gasteiger partial charge >= 0.3 is 5.97 Å². The molecule has 0 amide bonds. The number of carboxylic acid groups (broad SMARTS) is 1. The number of rotatable bonds is 2. The van der Waals surface area contributed by atoms with Gasteiger partial charge in [-0.25, -0.2) is 9.97 Å². The Morgan fingerprint density at radius 3 is 2.76 bits per heavy atom. The number of pyridine rings is 2. The predicted molar refractivity (Wildman–Crippen MR) is 80.8 cm³/mol. The first-order chi connectivity index (χ1) is 10.1. The zero-order valence-corrected chi connectivity index (χ0v) is 11.6. The van der Waals surface area contributed by atoms with E-state index in [1.165, 1.54) is 0 Å². The number of anilines is 1. The first kappa shape index (κ1) is 14.5. The third-order valence-electron chi connectivity index (χ3n) is 2.76. The number of aliphatic carboxylic acids is 1. The number of nitrogens with zero attached hydrogens (tertiary/aromatic N) is 3. The fourth-order valence-electron chi connectivity index (χ4n) is 1.68. The van der Waals surface area contributed by atoms with E-state index in [1.54, 1.807) is 19.2 Å². The van der Waals surface area contributed by atoms with E-state index in [9.17, 15) is 4.79 Å². The highest BCUT2D eigenvalue weighted by Gasteiger charge is 2.01. The molecule has 3 heterocycles. The van der Waals surface area contributed by atoms with Crippen molar-refractivity contribution in [2.45, 2.75) is 13.3 Å². The molecule has 108 valence electrons. The molecule has 0 fully saturated rings. The monoisotopic (exact) mass is 284 g/mol. The highest BCUT2D eigenvalue weighted by Crippen LogP contribution is 2.18. The van der Waals surface area contributed by atoms with Crippen molar-refractivity contribution in [3.63, 3.8) is 0 Å². The van der Waals surface area contributed by atoms with Gasteiger partial charge in [-0.15, -0.1) is 0 Å². The zero-order chi connectivity index (χ0) is 15.2. The summed E-state index contributed by atoms with van der Waals surface area (Å²) >= 11 is 0. The second-order valence-electron chi connectivity index (χ2n) is 4.31. The van der Waals surface area contributed by atoms with E-state index in [2.05, 4.69) is 9.97 Å². The summed E-state index contributed by atoms with van der Waals surface area (Å²) in [4.78, 5) is 17.8. The molecule has 0 saturated heterocycles. The standard InChI is InChI=1S/C12H10N4.C3H6O2/c13-11-3-1-2-10(15-11)9-4-5-12-14-6-7-16(12)8-9;1-2-3(4)5/h1-8H,(H2,13,15);2H2,1H3,(H,4,5). The van der Waals surface area contributed by atoms with E-state index in [4.69, 9.17) is 10.8 Å². The number of nitrogen functional groups attached to an aromatic ring is 1. The van der Waals surface area contributed by atoms with Gasteiger partial charge in [0.25, 0.3) is 0 Å². The van der Waals surface area contributed by atoms with Crippen LogP contribution in [-0.2, 0) is 4.79 Å². The summed E-state index contributed by atoms with van der Waals surface area (Å²) in [6.07, 6.45) is 5.89. The maximum atomic E-state index is 9.37. The van der Waals surface area contributed by atoms with Crippen molar-refractivity contribution >= 4 is 17.4 Å². The average Bonchev–Trinajstić information content (AvgIpc) is 2.95. The molecule has 6 nitrogen and oxygen atoms in total. The summed E-state index contributed by atoms with van der Waals surface area (Å²) < 4.78 is 1.96. The third-order valence-corrected chi connectivity index (χ3v) is 2.76.